The number of hydrogen-bond donors (Lipinski definition) is 0. The van der Waals surface area contributed by atoms with Gasteiger partial charge in [-0.2, -0.15) is 0 Å². The van der Waals surface area contributed by atoms with Crippen molar-refractivity contribution in [1.82, 2.24) is 14.9 Å². The van der Waals surface area contributed by atoms with Crippen LogP contribution in [0.4, 0.5) is 0 Å². The van der Waals surface area contributed by atoms with Gasteiger partial charge in [0, 0.05) is 56.3 Å². The van der Waals surface area contributed by atoms with Crippen LogP contribution in [0.15, 0.2) is 48.9 Å². The van der Waals surface area contributed by atoms with Crippen LogP contribution in [-0.2, 0) is 11.3 Å². The van der Waals surface area contributed by atoms with E-state index in [1.54, 1.807) is 6.20 Å². The molecule has 0 N–H and O–H groups in total. The van der Waals surface area contributed by atoms with E-state index in [1.807, 2.05) is 30.6 Å². The molecular formula is C20H25N3O2. The Kier molecular flexibility index (Phi) is 4.95. The molecule has 0 aliphatic carbocycles. The average Bonchev–Trinajstić information content (AvgIpc) is 2.68. The van der Waals surface area contributed by atoms with Gasteiger partial charge in [-0.05, 0) is 43.0 Å². The van der Waals surface area contributed by atoms with Gasteiger partial charge in [0.1, 0.15) is 0 Å². The van der Waals surface area contributed by atoms with Crippen molar-refractivity contribution in [3.05, 3.63) is 54.5 Å². The molecule has 0 amide bonds. The highest BCUT2D eigenvalue weighted by Crippen LogP contribution is 2.40. The second kappa shape index (κ2) is 7.50. The van der Waals surface area contributed by atoms with E-state index in [4.69, 9.17) is 9.47 Å². The number of ether oxygens (including phenoxy) is 2. The van der Waals surface area contributed by atoms with Gasteiger partial charge < -0.3 is 9.47 Å². The lowest BCUT2D eigenvalue weighted by Crippen LogP contribution is -2.57. The van der Waals surface area contributed by atoms with E-state index >= 15 is 0 Å². The van der Waals surface area contributed by atoms with E-state index < -0.39 is 0 Å². The van der Waals surface area contributed by atoms with Crippen LogP contribution in [0.25, 0.3) is 0 Å². The summed E-state index contributed by atoms with van der Waals surface area (Å²) in [6.07, 6.45) is 9.12. The Bertz CT molecular complexity index is 667. The van der Waals surface area contributed by atoms with Crippen molar-refractivity contribution in [3.8, 4) is 5.88 Å². The summed E-state index contributed by atoms with van der Waals surface area (Å²) in [5.74, 6) is 0.701. The van der Waals surface area contributed by atoms with E-state index in [0.717, 1.165) is 45.5 Å². The maximum absolute atomic E-state index is 6.14. The number of fused-ring (bicyclic) bond motifs is 1. The number of pyridine rings is 2. The Balaban J connectivity index is 1.47. The molecule has 25 heavy (non-hydrogen) atoms. The molecule has 2 aromatic heterocycles. The summed E-state index contributed by atoms with van der Waals surface area (Å²) in [6, 6.07) is 9.99. The summed E-state index contributed by atoms with van der Waals surface area (Å²) in [5.41, 5.74) is 1.37. The first-order chi connectivity index (χ1) is 12.3. The monoisotopic (exact) mass is 339 g/mol. The molecule has 2 aliphatic heterocycles. The van der Waals surface area contributed by atoms with Crippen molar-refractivity contribution in [1.29, 1.82) is 0 Å². The lowest BCUT2D eigenvalue weighted by molar-refractivity contribution is -0.141. The zero-order chi connectivity index (χ0) is 17.0. The van der Waals surface area contributed by atoms with Crippen molar-refractivity contribution in [2.24, 2.45) is 5.41 Å². The zero-order valence-electron chi connectivity index (χ0n) is 14.5. The third-order valence-corrected chi connectivity index (χ3v) is 5.37. The first-order valence-corrected chi connectivity index (χ1v) is 9.11. The fourth-order valence-corrected chi connectivity index (χ4v) is 4.12. The Morgan fingerprint density at radius 1 is 1.20 bits per heavy atom. The van der Waals surface area contributed by atoms with Gasteiger partial charge in [0.05, 0.1) is 12.7 Å². The van der Waals surface area contributed by atoms with Crippen molar-refractivity contribution in [3.63, 3.8) is 0 Å². The SMILES string of the molecule is c1ccc(OC[C@]23CCCO[C@H]2CCN(Cc2ccncc2)C3)nc1. The van der Waals surface area contributed by atoms with Crippen LogP contribution in [0.5, 0.6) is 5.88 Å². The molecule has 0 saturated carbocycles. The molecule has 5 nitrogen and oxygen atoms in total. The first kappa shape index (κ1) is 16.5. The molecule has 5 heteroatoms. The topological polar surface area (TPSA) is 47.5 Å². The highest BCUT2D eigenvalue weighted by atomic mass is 16.5. The van der Waals surface area contributed by atoms with Crippen molar-refractivity contribution in [2.75, 3.05) is 26.3 Å². The van der Waals surface area contributed by atoms with Crippen LogP contribution in [0.2, 0.25) is 0 Å². The summed E-state index contributed by atoms with van der Waals surface area (Å²) < 4.78 is 12.2. The minimum atomic E-state index is 0.0566. The first-order valence-electron chi connectivity index (χ1n) is 9.11. The second-order valence-electron chi connectivity index (χ2n) is 7.14. The molecule has 132 valence electrons. The predicted octanol–water partition coefficient (Wildman–Crippen LogP) is 2.93. The fraction of sp³-hybridized carbons (Fsp3) is 0.500. The molecule has 4 rings (SSSR count). The minimum Gasteiger partial charge on any atom is -0.477 e. The zero-order valence-corrected chi connectivity index (χ0v) is 14.5. The predicted molar refractivity (Wildman–Crippen MR) is 95.3 cm³/mol. The van der Waals surface area contributed by atoms with Gasteiger partial charge in [-0.3, -0.25) is 9.88 Å². The van der Waals surface area contributed by atoms with E-state index in [2.05, 4.69) is 27.0 Å². The molecule has 2 aromatic rings. The van der Waals surface area contributed by atoms with Crippen LogP contribution in [0.3, 0.4) is 0 Å². The molecule has 2 saturated heterocycles. The highest BCUT2D eigenvalue weighted by Gasteiger charge is 2.46. The standard InChI is InChI=1S/C20H25N3O2/c1-2-9-22-19(4-1)25-16-20-8-3-13-24-18(20)7-12-23(15-20)14-17-5-10-21-11-6-17/h1-2,4-6,9-11,18H,3,7-8,12-16H2/t18-,20+/m0/s1. The summed E-state index contributed by atoms with van der Waals surface area (Å²) in [7, 11) is 0. The molecule has 0 radical (unpaired) electrons. The van der Waals surface area contributed by atoms with Gasteiger partial charge in [0.2, 0.25) is 5.88 Å². The third-order valence-electron chi connectivity index (χ3n) is 5.37. The number of aromatic nitrogens is 2. The number of rotatable bonds is 5. The van der Waals surface area contributed by atoms with E-state index in [0.29, 0.717) is 18.6 Å². The molecule has 2 aliphatic rings. The molecule has 0 unspecified atom stereocenters. The maximum atomic E-state index is 6.14. The Labute approximate surface area is 149 Å². The molecule has 2 fully saturated rings. The van der Waals surface area contributed by atoms with Gasteiger partial charge in [0.25, 0.3) is 0 Å². The van der Waals surface area contributed by atoms with Crippen LogP contribution in [-0.4, -0.2) is 47.3 Å². The second-order valence-corrected chi connectivity index (χ2v) is 7.14. The highest BCUT2D eigenvalue weighted by molar-refractivity contribution is 5.12. The number of likely N-dealkylation sites (tertiary alicyclic amines) is 1. The lowest BCUT2D eigenvalue weighted by Gasteiger charge is -2.50. The van der Waals surface area contributed by atoms with E-state index in [-0.39, 0.29) is 5.41 Å². The quantitative estimate of drug-likeness (QED) is 0.838. The molecule has 0 bridgehead atoms. The van der Waals surface area contributed by atoms with Crippen LogP contribution >= 0.6 is 0 Å². The van der Waals surface area contributed by atoms with Crippen LogP contribution in [0, 0.1) is 5.41 Å². The van der Waals surface area contributed by atoms with Crippen molar-refractivity contribution in [2.45, 2.75) is 31.9 Å². The molecular weight excluding hydrogens is 314 g/mol. The van der Waals surface area contributed by atoms with Crippen molar-refractivity contribution >= 4 is 0 Å². The van der Waals surface area contributed by atoms with E-state index in [1.165, 1.54) is 5.56 Å². The van der Waals surface area contributed by atoms with Crippen LogP contribution in [0.1, 0.15) is 24.8 Å². The Morgan fingerprint density at radius 2 is 2.12 bits per heavy atom. The summed E-state index contributed by atoms with van der Waals surface area (Å²) in [6.45, 7) is 4.58. The summed E-state index contributed by atoms with van der Waals surface area (Å²) in [5, 5.41) is 0. The van der Waals surface area contributed by atoms with Crippen molar-refractivity contribution < 1.29 is 9.47 Å². The number of piperidine rings is 1. The van der Waals surface area contributed by atoms with Gasteiger partial charge >= 0.3 is 0 Å². The third kappa shape index (κ3) is 3.83. The van der Waals surface area contributed by atoms with Gasteiger partial charge in [-0.25, -0.2) is 4.98 Å². The van der Waals surface area contributed by atoms with Gasteiger partial charge in [-0.1, -0.05) is 6.07 Å². The largest absolute Gasteiger partial charge is 0.477 e. The smallest absolute Gasteiger partial charge is 0.213 e. The minimum absolute atomic E-state index is 0.0566. The molecule has 4 heterocycles. The maximum Gasteiger partial charge on any atom is 0.213 e. The fourth-order valence-electron chi connectivity index (χ4n) is 4.12. The Hall–Kier alpha value is -1.98. The lowest BCUT2D eigenvalue weighted by atomic mass is 9.73. The normalized spacial score (nSPS) is 26.8. The Morgan fingerprint density at radius 3 is 2.96 bits per heavy atom. The molecule has 2 atom stereocenters. The van der Waals surface area contributed by atoms with Crippen LogP contribution < -0.4 is 4.74 Å². The summed E-state index contributed by atoms with van der Waals surface area (Å²) >= 11 is 0. The van der Waals surface area contributed by atoms with E-state index in [9.17, 15) is 0 Å². The summed E-state index contributed by atoms with van der Waals surface area (Å²) in [4.78, 5) is 10.9. The molecule has 0 spiro atoms. The van der Waals surface area contributed by atoms with Gasteiger partial charge in [0.15, 0.2) is 0 Å². The molecule has 0 aromatic carbocycles. The number of nitrogens with zero attached hydrogens (tertiary/aromatic N) is 3. The number of hydrogen-bond acceptors (Lipinski definition) is 5. The average molecular weight is 339 g/mol. The van der Waals surface area contributed by atoms with Gasteiger partial charge in [-0.15, -0.1) is 0 Å².